The van der Waals surface area contributed by atoms with E-state index in [2.05, 4.69) is 31.4 Å². The first-order chi connectivity index (χ1) is 16.0. The Labute approximate surface area is 210 Å². The third-order valence-corrected chi connectivity index (χ3v) is 6.20. The van der Waals surface area contributed by atoms with Crippen LogP contribution in [-0.4, -0.2) is 17.0 Å². The summed E-state index contributed by atoms with van der Waals surface area (Å²) in [5.74, 6) is -0.101. The summed E-state index contributed by atoms with van der Waals surface area (Å²) in [6, 6.07) is 24.4. The van der Waals surface area contributed by atoms with Crippen LogP contribution in [0.3, 0.4) is 0 Å². The molecule has 0 amide bonds. The van der Waals surface area contributed by atoms with Gasteiger partial charge in [-0.15, -0.1) is 0 Å². The molecule has 0 atom stereocenters. The van der Waals surface area contributed by atoms with E-state index in [4.69, 9.17) is 23.2 Å². The smallest absolute Gasteiger partial charge is 0.194 e. The maximum atomic E-state index is 12.6. The number of nitrogens with one attached hydrogen (secondary N) is 1. The van der Waals surface area contributed by atoms with Gasteiger partial charge in [0, 0.05) is 33.2 Å². The third-order valence-electron chi connectivity index (χ3n) is 4.93. The van der Waals surface area contributed by atoms with Crippen LogP contribution >= 0.6 is 39.1 Å². The standard InChI is InChI=1S/C26H18BrCl2N3O/c27-23-13-21(32-31-15-18-4-2-1-3-5-18)14-24(28)22(23)12-17-6-8-19(9-7-17)26(33)20-10-11-25(29)30-16-20/h1-11,13-16,32H,12H2/b31-15+. The second-order valence-electron chi connectivity index (χ2n) is 7.27. The highest BCUT2D eigenvalue weighted by Gasteiger charge is 2.12. The number of hydrogen-bond acceptors (Lipinski definition) is 4. The lowest BCUT2D eigenvalue weighted by Gasteiger charge is -2.11. The summed E-state index contributed by atoms with van der Waals surface area (Å²) in [5, 5.41) is 5.24. The SMILES string of the molecule is O=C(c1ccc(Cc2c(Cl)cc(N/N=C/c3ccccc3)cc2Br)cc1)c1ccc(Cl)nc1. The van der Waals surface area contributed by atoms with Gasteiger partial charge in [0.25, 0.3) is 0 Å². The first kappa shape index (κ1) is 23.2. The fraction of sp³-hybridized carbons (Fsp3) is 0.0385. The van der Waals surface area contributed by atoms with Crippen molar-refractivity contribution >= 4 is 56.8 Å². The van der Waals surface area contributed by atoms with Crippen molar-refractivity contribution in [2.24, 2.45) is 5.10 Å². The van der Waals surface area contributed by atoms with Gasteiger partial charge in [0.05, 0.1) is 11.9 Å². The predicted molar refractivity (Wildman–Crippen MR) is 139 cm³/mol. The summed E-state index contributed by atoms with van der Waals surface area (Å²) >= 11 is 16.0. The molecule has 0 unspecified atom stereocenters. The lowest BCUT2D eigenvalue weighted by atomic mass is 10.00. The maximum Gasteiger partial charge on any atom is 0.194 e. The zero-order valence-corrected chi connectivity index (χ0v) is 20.4. The Morgan fingerprint density at radius 3 is 2.36 bits per heavy atom. The van der Waals surface area contributed by atoms with Crippen molar-refractivity contribution in [2.45, 2.75) is 6.42 Å². The molecule has 33 heavy (non-hydrogen) atoms. The lowest BCUT2D eigenvalue weighted by molar-refractivity contribution is 0.103. The Kier molecular flexibility index (Phi) is 7.55. The first-order valence-corrected chi connectivity index (χ1v) is 11.6. The molecule has 0 saturated heterocycles. The van der Waals surface area contributed by atoms with E-state index in [0.29, 0.717) is 27.7 Å². The van der Waals surface area contributed by atoms with Crippen LogP contribution < -0.4 is 5.43 Å². The minimum Gasteiger partial charge on any atom is -0.289 e. The van der Waals surface area contributed by atoms with E-state index < -0.39 is 0 Å². The molecule has 0 aliphatic rings. The highest BCUT2D eigenvalue weighted by Crippen LogP contribution is 2.31. The fourth-order valence-corrected chi connectivity index (χ4v) is 4.32. The molecule has 4 nitrogen and oxygen atoms in total. The van der Waals surface area contributed by atoms with Gasteiger partial charge in [-0.05, 0) is 41.0 Å². The van der Waals surface area contributed by atoms with Crippen LogP contribution in [0.2, 0.25) is 10.2 Å². The Hall–Kier alpha value is -2.99. The molecular weight excluding hydrogens is 521 g/mol. The van der Waals surface area contributed by atoms with Crippen LogP contribution in [0.15, 0.2) is 94.6 Å². The number of carbonyl (C=O) groups excluding carboxylic acids is 1. The summed E-state index contributed by atoms with van der Waals surface area (Å²) in [6.45, 7) is 0. The van der Waals surface area contributed by atoms with Gasteiger partial charge in [0.1, 0.15) is 5.15 Å². The van der Waals surface area contributed by atoms with Crippen molar-refractivity contribution in [3.63, 3.8) is 0 Å². The molecule has 1 heterocycles. The van der Waals surface area contributed by atoms with Crippen LogP contribution in [0.25, 0.3) is 0 Å². The van der Waals surface area contributed by atoms with Crippen molar-refractivity contribution in [1.82, 2.24) is 4.98 Å². The van der Waals surface area contributed by atoms with Gasteiger partial charge in [-0.1, -0.05) is 93.7 Å². The zero-order chi connectivity index (χ0) is 23.2. The molecule has 0 saturated carbocycles. The molecule has 3 aromatic carbocycles. The van der Waals surface area contributed by atoms with E-state index in [9.17, 15) is 4.79 Å². The molecule has 4 rings (SSSR count). The van der Waals surface area contributed by atoms with E-state index in [1.165, 1.54) is 6.20 Å². The van der Waals surface area contributed by atoms with E-state index in [1.54, 1.807) is 18.3 Å². The van der Waals surface area contributed by atoms with Crippen LogP contribution in [0.5, 0.6) is 0 Å². The summed E-state index contributed by atoms with van der Waals surface area (Å²) < 4.78 is 0.875. The number of halogens is 3. The molecule has 4 aromatic rings. The van der Waals surface area contributed by atoms with Crippen molar-refractivity contribution in [3.8, 4) is 0 Å². The average molecular weight is 539 g/mol. The summed E-state index contributed by atoms with van der Waals surface area (Å²) in [5.41, 5.74) is 7.86. The largest absolute Gasteiger partial charge is 0.289 e. The Morgan fingerprint density at radius 1 is 0.970 bits per heavy atom. The van der Waals surface area contributed by atoms with Crippen molar-refractivity contribution < 1.29 is 4.79 Å². The molecule has 0 fully saturated rings. The second kappa shape index (κ2) is 10.8. The van der Waals surface area contributed by atoms with Gasteiger partial charge in [-0.25, -0.2) is 4.98 Å². The maximum absolute atomic E-state index is 12.6. The fourth-order valence-electron chi connectivity index (χ4n) is 3.21. The van der Waals surface area contributed by atoms with Gasteiger partial charge in [-0.3, -0.25) is 10.2 Å². The average Bonchev–Trinajstić information content (AvgIpc) is 2.83. The van der Waals surface area contributed by atoms with Gasteiger partial charge in [0.15, 0.2) is 5.78 Å². The second-order valence-corrected chi connectivity index (χ2v) is 8.92. The minimum atomic E-state index is -0.101. The lowest BCUT2D eigenvalue weighted by Crippen LogP contribution is -2.02. The van der Waals surface area contributed by atoms with Crippen LogP contribution in [0.4, 0.5) is 5.69 Å². The number of rotatable bonds is 7. The number of anilines is 1. The number of aromatic nitrogens is 1. The van der Waals surface area contributed by atoms with E-state index in [0.717, 1.165) is 26.9 Å². The minimum absolute atomic E-state index is 0.101. The van der Waals surface area contributed by atoms with Gasteiger partial charge < -0.3 is 0 Å². The van der Waals surface area contributed by atoms with Crippen LogP contribution in [-0.2, 0) is 6.42 Å². The molecule has 164 valence electrons. The molecule has 7 heteroatoms. The summed E-state index contributed by atoms with van der Waals surface area (Å²) in [6.07, 6.45) is 3.84. The van der Waals surface area contributed by atoms with Gasteiger partial charge in [-0.2, -0.15) is 5.10 Å². The molecule has 0 aliphatic heterocycles. The Balaban J connectivity index is 1.44. The summed E-state index contributed by atoms with van der Waals surface area (Å²) in [7, 11) is 0. The number of benzene rings is 3. The number of nitrogens with zero attached hydrogens (tertiary/aromatic N) is 2. The van der Waals surface area contributed by atoms with Gasteiger partial charge in [0.2, 0.25) is 0 Å². The number of hydrazone groups is 1. The van der Waals surface area contributed by atoms with E-state index in [-0.39, 0.29) is 5.78 Å². The number of ketones is 1. The Morgan fingerprint density at radius 2 is 1.70 bits per heavy atom. The molecular formula is C26H18BrCl2N3O. The summed E-state index contributed by atoms with van der Waals surface area (Å²) in [4.78, 5) is 16.6. The zero-order valence-electron chi connectivity index (χ0n) is 17.3. The first-order valence-electron chi connectivity index (χ1n) is 10.1. The normalized spacial score (nSPS) is 11.0. The highest BCUT2D eigenvalue weighted by atomic mass is 79.9. The van der Waals surface area contributed by atoms with E-state index >= 15 is 0 Å². The molecule has 0 radical (unpaired) electrons. The monoisotopic (exact) mass is 537 g/mol. The molecule has 0 aliphatic carbocycles. The van der Waals surface area contributed by atoms with Crippen LogP contribution in [0.1, 0.15) is 32.6 Å². The molecule has 1 N–H and O–H groups in total. The molecule has 0 bridgehead atoms. The van der Waals surface area contributed by atoms with Crippen molar-refractivity contribution in [2.75, 3.05) is 5.43 Å². The molecule has 0 spiro atoms. The Bertz CT molecular complexity index is 1270. The third kappa shape index (κ3) is 6.08. The number of pyridine rings is 1. The number of hydrogen-bond donors (Lipinski definition) is 1. The van der Waals surface area contributed by atoms with Crippen molar-refractivity contribution in [1.29, 1.82) is 0 Å². The van der Waals surface area contributed by atoms with Crippen molar-refractivity contribution in [3.05, 3.63) is 128 Å². The predicted octanol–water partition coefficient (Wildman–Crippen LogP) is 7.42. The topological polar surface area (TPSA) is 54.4 Å². The van der Waals surface area contributed by atoms with Crippen LogP contribution in [0, 0.1) is 0 Å². The number of carbonyl (C=O) groups is 1. The highest BCUT2D eigenvalue weighted by molar-refractivity contribution is 9.10. The molecule has 1 aromatic heterocycles. The van der Waals surface area contributed by atoms with E-state index in [1.807, 2.05) is 66.7 Å². The quantitative estimate of drug-likeness (QED) is 0.115. The van der Waals surface area contributed by atoms with Gasteiger partial charge >= 0.3 is 0 Å².